The molecule has 0 radical (unpaired) electrons. The fourth-order valence-corrected chi connectivity index (χ4v) is 2.55. The highest BCUT2D eigenvalue weighted by Gasteiger charge is 2.14. The molecular formula is C14H23N3O2S. The summed E-state index contributed by atoms with van der Waals surface area (Å²) in [6.45, 7) is 4.67. The van der Waals surface area contributed by atoms with E-state index < -0.39 is 0 Å². The number of likely N-dealkylation sites (tertiary alicyclic amines) is 1. The number of piperidine rings is 1. The number of aromatic nitrogens is 1. The summed E-state index contributed by atoms with van der Waals surface area (Å²) < 4.78 is 0. The van der Waals surface area contributed by atoms with Gasteiger partial charge < -0.3 is 10.2 Å². The first-order valence-corrected chi connectivity index (χ1v) is 7.79. The smallest absolute Gasteiger partial charge is 0.223 e. The highest BCUT2D eigenvalue weighted by atomic mass is 32.1. The summed E-state index contributed by atoms with van der Waals surface area (Å²) in [5.41, 5.74) is 0. The van der Waals surface area contributed by atoms with Gasteiger partial charge in [0.1, 0.15) is 0 Å². The number of rotatable bonds is 4. The van der Waals surface area contributed by atoms with E-state index in [0.29, 0.717) is 17.3 Å². The Kier molecular flexibility index (Phi) is 8.06. The van der Waals surface area contributed by atoms with Crippen LogP contribution in [0.3, 0.4) is 0 Å². The Balaban J connectivity index is 0.000000217. The fraction of sp³-hybridized carbons (Fsp3) is 0.643. The number of amides is 1. The molecule has 1 aromatic rings. The van der Waals surface area contributed by atoms with Crippen molar-refractivity contribution in [1.29, 1.82) is 0 Å². The molecule has 0 atom stereocenters. The topological polar surface area (TPSA) is 62.3 Å². The van der Waals surface area contributed by atoms with E-state index in [0.717, 1.165) is 30.8 Å². The number of hydrogen-bond donors (Lipinski definition) is 1. The third-order valence-electron chi connectivity index (χ3n) is 3.04. The van der Waals surface area contributed by atoms with Crippen LogP contribution in [0.4, 0.5) is 0 Å². The zero-order chi connectivity index (χ0) is 14.8. The summed E-state index contributed by atoms with van der Waals surface area (Å²) in [6, 6.07) is 0. The minimum absolute atomic E-state index is 0.309. The zero-order valence-electron chi connectivity index (χ0n) is 12.2. The van der Waals surface area contributed by atoms with E-state index in [4.69, 9.17) is 0 Å². The van der Waals surface area contributed by atoms with Crippen LogP contribution in [-0.4, -0.2) is 48.8 Å². The minimum atomic E-state index is 0.309. The van der Waals surface area contributed by atoms with Crippen molar-refractivity contribution in [3.63, 3.8) is 0 Å². The number of carbonyl (C=O) groups excluding carboxylic acids is 2. The summed E-state index contributed by atoms with van der Waals surface area (Å²) >= 11 is 1.41. The second kappa shape index (κ2) is 9.61. The standard InChI is InChI=1S/C9H18N2O.C5H5NOS/c1-10-6-5-9(12)11-7-3-2-4-8-11;1-4-2-6-5(3-7)8-4/h10H,2-8H2,1H3;2-3H,1H3. The maximum atomic E-state index is 11.4. The van der Waals surface area contributed by atoms with Gasteiger partial charge in [-0.05, 0) is 33.2 Å². The Labute approximate surface area is 124 Å². The molecule has 0 saturated carbocycles. The van der Waals surface area contributed by atoms with E-state index in [1.54, 1.807) is 6.20 Å². The molecule has 1 fully saturated rings. The third-order valence-corrected chi connectivity index (χ3v) is 3.88. The van der Waals surface area contributed by atoms with Gasteiger partial charge in [0.2, 0.25) is 5.91 Å². The summed E-state index contributed by atoms with van der Waals surface area (Å²) in [4.78, 5) is 28.3. The van der Waals surface area contributed by atoms with Gasteiger partial charge in [0, 0.05) is 37.1 Å². The molecule has 1 saturated heterocycles. The Hall–Kier alpha value is -1.27. The van der Waals surface area contributed by atoms with Crippen molar-refractivity contribution >= 4 is 23.5 Å². The van der Waals surface area contributed by atoms with Crippen LogP contribution in [0.2, 0.25) is 0 Å². The highest BCUT2D eigenvalue weighted by Crippen LogP contribution is 2.09. The van der Waals surface area contributed by atoms with Crippen LogP contribution in [0.25, 0.3) is 0 Å². The number of carbonyl (C=O) groups is 2. The molecule has 2 rings (SSSR count). The lowest BCUT2D eigenvalue weighted by Gasteiger charge is -2.26. The summed E-state index contributed by atoms with van der Waals surface area (Å²) in [5.74, 6) is 0.309. The molecule has 5 nitrogen and oxygen atoms in total. The van der Waals surface area contributed by atoms with Crippen molar-refractivity contribution in [3.8, 4) is 0 Å². The van der Waals surface area contributed by atoms with Crippen molar-refractivity contribution in [3.05, 3.63) is 16.1 Å². The monoisotopic (exact) mass is 297 g/mol. The maximum absolute atomic E-state index is 11.4. The van der Waals surface area contributed by atoms with E-state index >= 15 is 0 Å². The Morgan fingerprint density at radius 3 is 2.60 bits per heavy atom. The van der Waals surface area contributed by atoms with Gasteiger partial charge in [0.05, 0.1) is 0 Å². The van der Waals surface area contributed by atoms with Gasteiger partial charge >= 0.3 is 0 Å². The van der Waals surface area contributed by atoms with E-state index in [9.17, 15) is 9.59 Å². The molecule has 0 aromatic carbocycles. The molecule has 0 spiro atoms. The SMILES string of the molecule is CNCCC(=O)N1CCCCC1.Cc1cnc(C=O)s1. The van der Waals surface area contributed by atoms with Crippen molar-refractivity contribution in [2.24, 2.45) is 0 Å². The third kappa shape index (κ3) is 6.25. The van der Waals surface area contributed by atoms with Crippen LogP contribution in [0.1, 0.15) is 40.4 Å². The average molecular weight is 297 g/mol. The fourth-order valence-electron chi connectivity index (χ4n) is 1.96. The van der Waals surface area contributed by atoms with Crippen LogP contribution >= 0.6 is 11.3 Å². The van der Waals surface area contributed by atoms with Crippen LogP contribution in [0.5, 0.6) is 0 Å². The Morgan fingerprint density at radius 2 is 2.15 bits per heavy atom. The molecule has 1 aromatic heterocycles. The first-order valence-electron chi connectivity index (χ1n) is 6.97. The number of nitrogens with zero attached hydrogens (tertiary/aromatic N) is 2. The molecule has 2 heterocycles. The van der Waals surface area contributed by atoms with E-state index in [1.165, 1.54) is 30.6 Å². The maximum Gasteiger partial charge on any atom is 0.223 e. The molecule has 1 amide bonds. The van der Waals surface area contributed by atoms with Gasteiger partial charge in [-0.1, -0.05) is 0 Å². The van der Waals surface area contributed by atoms with Crippen molar-refractivity contribution < 1.29 is 9.59 Å². The summed E-state index contributed by atoms with van der Waals surface area (Å²) in [6.07, 6.45) is 6.76. The van der Waals surface area contributed by atoms with Crippen molar-refractivity contribution in [2.45, 2.75) is 32.6 Å². The number of thiazole rings is 1. The molecule has 1 aliphatic heterocycles. The number of nitrogens with one attached hydrogen (secondary N) is 1. The number of aldehydes is 1. The first kappa shape index (κ1) is 16.8. The molecule has 1 aliphatic rings. The quantitative estimate of drug-likeness (QED) is 0.862. The van der Waals surface area contributed by atoms with E-state index in [1.807, 2.05) is 18.9 Å². The van der Waals surface area contributed by atoms with Gasteiger partial charge in [-0.25, -0.2) is 4.98 Å². The van der Waals surface area contributed by atoms with Crippen LogP contribution < -0.4 is 5.32 Å². The number of aryl methyl sites for hydroxylation is 1. The molecule has 1 N–H and O–H groups in total. The molecule has 0 unspecified atom stereocenters. The first-order chi connectivity index (χ1) is 9.67. The molecular weight excluding hydrogens is 274 g/mol. The van der Waals surface area contributed by atoms with E-state index in [-0.39, 0.29) is 0 Å². The lowest BCUT2D eigenvalue weighted by Crippen LogP contribution is -2.36. The van der Waals surface area contributed by atoms with Crippen molar-refractivity contribution in [2.75, 3.05) is 26.7 Å². The lowest BCUT2D eigenvalue weighted by atomic mass is 10.1. The van der Waals surface area contributed by atoms with E-state index in [2.05, 4.69) is 10.3 Å². The summed E-state index contributed by atoms with van der Waals surface area (Å²) in [7, 11) is 1.88. The zero-order valence-corrected chi connectivity index (χ0v) is 13.0. The van der Waals surface area contributed by atoms with Crippen LogP contribution in [0.15, 0.2) is 6.20 Å². The molecule has 6 heteroatoms. The Morgan fingerprint density at radius 1 is 1.45 bits per heavy atom. The normalized spacial score (nSPS) is 14.4. The number of hydrogen-bond acceptors (Lipinski definition) is 5. The van der Waals surface area contributed by atoms with Gasteiger partial charge in [-0.2, -0.15) is 0 Å². The molecule has 20 heavy (non-hydrogen) atoms. The van der Waals surface area contributed by atoms with Crippen LogP contribution in [0, 0.1) is 6.92 Å². The highest BCUT2D eigenvalue weighted by molar-refractivity contribution is 7.13. The predicted molar refractivity (Wildman–Crippen MR) is 81.2 cm³/mol. The molecule has 0 aliphatic carbocycles. The second-order valence-corrected chi connectivity index (χ2v) is 5.99. The van der Waals surface area contributed by atoms with Gasteiger partial charge in [0.25, 0.3) is 0 Å². The minimum Gasteiger partial charge on any atom is -0.343 e. The van der Waals surface area contributed by atoms with Gasteiger partial charge in [-0.3, -0.25) is 9.59 Å². The molecule has 0 bridgehead atoms. The van der Waals surface area contributed by atoms with Gasteiger partial charge in [0.15, 0.2) is 11.3 Å². The molecule has 112 valence electrons. The van der Waals surface area contributed by atoms with Gasteiger partial charge in [-0.15, -0.1) is 11.3 Å². The predicted octanol–water partition coefficient (Wildman–Crippen LogP) is 1.87. The summed E-state index contributed by atoms with van der Waals surface area (Å²) in [5, 5.41) is 3.55. The van der Waals surface area contributed by atoms with Crippen LogP contribution in [-0.2, 0) is 4.79 Å². The van der Waals surface area contributed by atoms with Crippen molar-refractivity contribution in [1.82, 2.24) is 15.2 Å². The average Bonchev–Trinajstić information content (AvgIpc) is 2.92. The lowest BCUT2D eigenvalue weighted by molar-refractivity contribution is -0.131. The Bertz CT molecular complexity index is 414. The largest absolute Gasteiger partial charge is 0.343 e. The second-order valence-electron chi connectivity index (χ2n) is 4.72.